The fourth-order valence-electron chi connectivity index (χ4n) is 2.95. The van der Waals surface area contributed by atoms with Crippen molar-refractivity contribution in [1.82, 2.24) is 19.3 Å². The Morgan fingerprint density at radius 2 is 1.96 bits per heavy atom. The average Bonchev–Trinajstić information content (AvgIpc) is 2.86. The highest BCUT2D eigenvalue weighted by molar-refractivity contribution is 5.95. The number of hydrogen-bond donors (Lipinski definition) is 0. The molecular formula is C18H18N4O2. The summed E-state index contributed by atoms with van der Waals surface area (Å²) in [4.78, 5) is 23.3. The first-order valence-corrected chi connectivity index (χ1v) is 7.95. The van der Waals surface area contributed by atoms with E-state index in [1.54, 1.807) is 4.90 Å². The van der Waals surface area contributed by atoms with Crippen LogP contribution in [0.5, 0.6) is 5.88 Å². The third-order valence-corrected chi connectivity index (χ3v) is 4.19. The molecule has 24 heavy (non-hydrogen) atoms. The van der Waals surface area contributed by atoms with Crippen molar-refractivity contribution in [2.45, 2.75) is 20.0 Å². The van der Waals surface area contributed by atoms with E-state index in [2.05, 4.69) is 9.97 Å². The summed E-state index contributed by atoms with van der Waals surface area (Å²) in [5, 5.41) is 0. The Bertz CT molecular complexity index is 912. The van der Waals surface area contributed by atoms with Crippen LogP contribution < -0.4 is 4.74 Å². The minimum Gasteiger partial charge on any atom is -0.471 e. The number of rotatable bonds is 3. The summed E-state index contributed by atoms with van der Waals surface area (Å²) >= 11 is 0. The first kappa shape index (κ1) is 14.7. The zero-order valence-electron chi connectivity index (χ0n) is 13.6. The summed E-state index contributed by atoms with van der Waals surface area (Å²) in [5.74, 6) is 0.598. The normalized spacial score (nSPS) is 14.7. The predicted molar refractivity (Wildman–Crippen MR) is 89.2 cm³/mol. The lowest BCUT2D eigenvalue weighted by atomic mass is 10.1. The number of carbonyl (C=O) groups excluding carboxylic acids is 1. The van der Waals surface area contributed by atoms with Gasteiger partial charge < -0.3 is 9.64 Å². The molecule has 1 amide bonds. The highest BCUT2D eigenvalue weighted by Crippen LogP contribution is 2.21. The maximum atomic E-state index is 12.8. The van der Waals surface area contributed by atoms with Crippen molar-refractivity contribution in [3.05, 3.63) is 59.7 Å². The molecule has 0 atom stereocenters. The number of likely N-dealkylation sites (tertiary alicyclic amines) is 1. The highest BCUT2D eigenvalue weighted by Gasteiger charge is 2.35. The summed E-state index contributed by atoms with van der Waals surface area (Å²) in [7, 11) is 0. The van der Waals surface area contributed by atoms with Crippen molar-refractivity contribution >= 4 is 11.6 Å². The van der Waals surface area contributed by atoms with Crippen molar-refractivity contribution < 1.29 is 9.53 Å². The molecule has 4 rings (SSSR count). The molecule has 0 aromatic carbocycles. The van der Waals surface area contributed by atoms with Crippen LogP contribution in [-0.4, -0.2) is 44.4 Å². The van der Waals surface area contributed by atoms with Crippen LogP contribution >= 0.6 is 0 Å². The largest absolute Gasteiger partial charge is 0.471 e. The minimum absolute atomic E-state index is 0.0109. The number of nitrogens with zero attached hydrogens (tertiary/aromatic N) is 4. The van der Waals surface area contributed by atoms with Crippen LogP contribution in [0.15, 0.2) is 42.6 Å². The van der Waals surface area contributed by atoms with E-state index in [-0.39, 0.29) is 12.0 Å². The molecule has 0 unspecified atom stereocenters. The van der Waals surface area contributed by atoms with E-state index < -0.39 is 0 Å². The van der Waals surface area contributed by atoms with Gasteiger partial charge in [0.15, 0.2) is 0 Å². The number of pyridine rings is 2. The molecule has 3 aromatic rings. The van der Waals surface area contributed by atoms with Crippen LogP contribution in [0.1, 0.15) is 21.9 Å². The first-order valence-electron chi connectivity index (χ1n) is 7.95. The molecule has 4 heterocycles. The lowest BCUT2D eigenvalue weighted by Gasteiger charge is -2.38. The monoisotopic (exact) mass is 322 g/mol. The smallest absolute Gasteiger partial charge is 0.273 e. The maximum Gasteiger partial charge on any atom is 0.273 e. The van der Waals surface area contributed by atoms with Crippen molar-refractivity contribution in [2.75, 3.05) is 13.1 Å². The van der Waals surface area contributed by atoms with E-state index in [4.69, 9.17) is 4.74 Å². The molecule has 1 saturated heterocycles. The van der Waals surface area contributed by atoms with Crippen LogP contribution in [-0.2, 0) is 0 Å². The summed E-state index contributed by atoms with van der Waals surface area (Å²) in [6.45, 7) is 4.92. The number of ether oxygens (including phenoxy) is 1. The van der Waals surface area contributed by atoms with Gasteiger partial charge in [-0.05, 0) is 32.0 Å². The van der Waals surface area contributed by atoms with Crippen LogP contribution in [0.3, 0.4) is 0 Å². The van der Waals surface area contributed by atoms with Gasteiger partial charge in [0.05, 0.1) is 18.8 Å². The standard InChI is InChI=1S/C18H18N4O2/c1-12-6-5-8-16(19-12)24-14-10-21(11-14)18(23)17-13(2)20-15-7-3-4-9-22(15)17/h3-9,14H,10-11H2,1-2H3. The third-order valence-electron chi connectivity index (χ3n) is 4.19. The predicted octanol–water partition coefficient (Wildman–Crippen LogP) is 2.25. The van der Waals surface area contributed by atoms with Crippen molar-refractivity contribution in [1.29, 1.82) is 0 Å². The molecule has 1 aliphatic heterocycles. The summed E-state index contributed by atoms with van der Waals surface area (Å²) in [5.41, 5.74) is 3.07. The minimum atomic E-state index is -0.0114. The summed E-state index contributed by atoms with van der Waals surface area (Å²) < 4.78 is 7.66. The van der Waals surface area contributed by atoms with Gasteiger partial charge in [-0.1, -0.05) is 12.1 Å². The Balaban J connectivity index is 1.46. The second-order valence-corrected chi connectivity index (χ2v) is 6.04. The lowest BCUT2D eigenvalue weighted by molar-refractivity contribution is 0.0154. The number of carbonyl (C=O) groups is 1. The van der Waals surface area contributed by atoms with Crippen molar-refractivity contribution in [3.8, 4) is 5.88 Å². The third kappa shape index (κ3) is 2.50. The van der Waals surface area contributed by atoms with Crippen LogP contribution in [0.2, 0.25) is 0 Å². The number of hydrogen-bond acceptors (Lipinski definition) is 4. The molecule has 6 heteroatoms. The number of aryl methyl sites for hydroxylation is 2. The fourth-order valence-corrected chi connectivity index (χ4v) is 2.95. The molecule has 6 nitrogen and oxygen atoms in total. The molecular weight excluding hydrogens is 304 g/mol. The van der Waals surface area contributed by atoms with Gasteiger partial charge in [0.25, 0.3) is 5.91 Å². The van der Waals surface area contributed by atoms with Gasteiger partial charge in [-0.25, -0.2) is 9.97 Å². The Kier molecular flexibility index (Phi) is 3.45. The topological polar surface area (TPSA) is 59.7 Å². The van der Waals surface area contributed by atoms with E-state index in [1.165, 1.54) is 0 Å². The second kappa shape index (κ2) is 5.63. The SMILES string of the molecule is Cc1cccc(OC2CN(C(=O)c3c(C)nc4ccccn34)C2)n1. The fraction of sp³-hybridized carbons (Fsp3) is 0.278. The molecule has 1 aliphatic rings. The zero-order chi connectivity index (χ0) is 16.7. The van der Waals surface area contributed by atoms with E-state index in [9.17, 15) is 4.79 Å². The van der Waals surface area contributed by atoms with E-state index in [0.717, 1.165) is 17.0 Å². The highest BCUT2D eigenvalue weighted by atomic mass is 16.5. The Labute approximate surface area is 139 Å². The Morgan fingerprint density at radius 3 is 2.75 bits per heavy atom. The molecule has 0 aliphatic carbocycles. The molecule has 3 aromatic heterocycles. The first-order chi connectivity index (χ1) is 11.6. The maximum absolute atomic E-state index is 12.8. The summed E-state index contributed by atoms with van der Waals surface area (Å²) in [6, 6.07) is 11.4. The van der Waals surface area contributed by atoms with Gasteiger partial charge in [0, 0.05) is 18.0 Å². The van der Waals surface area contributed by atoms with Gasteiger partial charge >= 0.3 is 0 Å². The number of aromatic nitrogens is 3. The molecule has 1 fully saturated rings. The lowest BCUT2D eigenvalue weighted by Crippen LogP contribution is -2.56. The molecule has 0 radical (unpaired) electrons. The van der Waals surface area contributed by atoms with Crippen LogP contribution in [0, 0.1) is 13.8 Å². The molecule has 0 bridgehead atoms. The molecule has 0 saturated carbocycles. The molecule has 0 N–H and O–H groups in total. The van der Waals surface area contributed by atoms with Gasteiger partial charge in [0.1, 0.15) is 17.4 Å². The quantitative estimate of drug-likeness (QED) is 0.742. The van der Waals surface area contributed by atoms with Crippen LogP contribution in [0.4, 0.5) is 0 Å². The average molecular weight is 322 g/mol. The second-order valence-electron chi connectivity index (χ2n) is 6.04. The van der Waals surface area contributed by atoms with Gasteiger partial charge in [0.2, 0.25) is 5.88 Å². The molecule has 0 spiro atoms. The molecule has 122 valence electrons. The van der Waals surface area contributed by atoms with Crippen molar-refractivity contribution in [2.24, 2.45) is 0 Å². The Hall–Kier alpha value is -2.89. The number of imidazole rings is 1. The van der Waals surface area contributed by atoms with E-state index in [1.807, 2.05) is 60.8 Å². The van der Waals surface area contributed by atoms with Gasteiger partial charge in [-0.3, -0.25) is 9.20 Å². The van der Waals surface area contributed by atoms with Crippen molar-refractivity contribution in [3.63, 3.8) is 0 Å². The van der Waals surface area contributed by atoms with E-state index >= 15 is 0 Å². The van der Waals surface area contributed by atoms with Crippen LogP contribution in [0.25, 0.3) is 5.65 Å². The Morgan fingerprint density at radius 1 is 1.12 bits per heavy atom. The van der Waals surface area contributed by atoms with E-state index in [0.29, 0.717) is 24.7 Å². The number of fused-ring (bicyclic) bond motifs is 1. The van der Waals surface area contributed by atoms with Gasteiger partial charge in [-0.15, -0.1) is 0 Å². The number of amides is 1. The van der Waals surface area contributed by atoms with Gasteiger partial charge in [-0.2, -0.15) is 0 Å². The zero-order valence-corrected chi connectivity index (χ0v) is 13.6. The summed E-state index contributed by atoms with van der Waals surface area (Å²) in [6.07, 6.45) is 1.86.